The third kappa shape index (κ3) is 3.63. The molecule has 0 aliphatic carbocycles. The summed E-state index contributed by atoms with van der Waals surface area (Å²) in [5.74, 6) is -0.906. The van der Waals surface area contributed by atoms with E-state index in [9.17, 15) is 31.2 Å². The van der Waals surface area contributed by atoms with Crippen LogP contribution in [0, 0.1) is 0 Å². The highest BCUT2D eigenvalue weighted by Crippen LogP contribution is 2.30. The highest BCUT2D eigenvalue weighted by atomic mass is 32.2. The summed E-state index contributed by atoms with van der Waals surface area (Å²) in [5, 5.41) is 0. The Morgan fingerprint density at radius 2 is 1.68 bits per heavy atom. The highest BCUT2D eigenvalue weighted by Gasteiger charge is 2.30. The molecular formula is C18H13F3N2O4S. The zero-order valence-corrected chi connectivity index (χ0v) is 15.2. The predicted molar refractivity (Wildman–Crippen MR) is 94.3 cm³/mol. The van der Waals surface area contributed by atoms with Crippen LogP contribution in [0.15, 0.2) is 70.6 Å². The standard InChI is InChI=1S/C18H13F3N2O4S/c1-28(26,27)15-8-3-2-7-14(15)16(24)23-10-9-22(17(23)25)13-6-4-5-12(11-13)18(19,20)21/h2-11H,1H3. The Morgan fingerprint density at radius 1 is 1.00 bits per heavy atom. The molecule has 28 heavy (non-hydrogen) atoms. The number of rotatable bonds is 3. The molecular weight excluding hydrogens is 397 g/mol. The molecule has 0 saturated carbocycles. The minimum absolute atomic E-state index is 0.0808. The maximum atomic E-state index is 12.9. The molecule has 3 rings (SSSR count). The summed E-state index contributed by atoms with van der Waals surface area (Å²) in [6.45, 7) is 0. The first-order valence-corrected chi connectivity index (χ1v) is 9.71. The van der Waals surface area contributed by atoms with E-state index in [4.69, 9.17) is 0 Å². The third-order valence-corrected chi connectivity index (χ3v) is 5.12. The van der Waals surface area contributed by atoms with Crippen LogP contribution in [0.3, 0.4) is 0 Å². The van der Waals surface area contributed by atoms with Gasteiger partial charge in [0.25, 0.3) is 5.91 Å². The molecule has 0 saturated heterocycles. The van der Waals surface area contributed by atoms with Crippen LogP contribution in [-0.4, -0.2) is 29.7 Å². The van der Waals surface area contributed by atoms with Gasteiger partial charge in [0.05, 0.1) is 21.7 Å². The Hall–Kier alpha value is -3.14. The maximum Gasteiger partial charge on any atom is 0.416 e. The van der Waals surface area contributed by atoms with Crippen LogP contribution in [0.4, 0.5) is 13.2 Å². The summed E-state index contributed by atoms with van der Waals surface area (Å²) in [4.78, 5) is 25.0. The van der Waals surface area contributed by atoms with Gasteiger partial charge in [0.15, 0.2) is 9.84 Å². The first kappa shape index (κ1) is 19.6. The lowest BCUT2D eigenvalue weighted by Gasteiger charge is -2.09. The zero-order chi connectivity index (χ0) is 20.7. The molecule has 3 aromatic rings. The first-order chi connectivity index (χ1) is 13.0. The van der Waals surface area contributed by atoms with E-state index in [1.54, 1.807) is 0 Å². The van der Waals surface area contributed by atoms with Crippen LogP contribution >= 0.6 is 0 Å². The molecule has 10 heteroatoms. The molecule has 0 radical (unpaired) electrons. The topological polar surface area (TPSA) is 78.1 Å². The second-order valence-corrected chi connectivity index (χ2v) is 7.93. The molecule has 0 spiro atoms. The molecule has 1 heterocycles. The van der Waals surface area contributed by atoms with Crippen molar-refractivity contribution in [2.24, 2.45) is 0 Å². The lowest BCUT2D eigenvalue weighted by Crippen LogP contribution is -2.29. The van der Waals surface area contributed by atoms with E-state index < -0.39 is 33.2 Å². The molecule has 0 amide bonds. The number of halogens is 3. The van der Waals surface area contributed by atoms with Crippen molar-refractivity contribution in [2.45, 2.75) is 11.1 Å². The fourth-order valence-corrected chi connectivity index (χ4v) is 3.54. The molecule has 146 valence electrons. The van der Waals surface area contributed by atoms with Crippen molar-refractivity contribution >= 4 is 15.7 Å². The number of nitrogens with zero attached hydrogens (tertiary/aromatic N) is 2. The van der Waals surface area contributed by atoms with Gasteiger partial charge in [-0.1, -0.05) is 18.2 Å². The Labute approximate surface area is 157 Å². The summed E-state index contributed by atoms with van der Waals surface area (Å²) >= 11 is 0. The number of alkyl halides is 3. The SMILES string of the molecule is CS(=O)(=O)c1ccccc1C(=O)n1ccn(-c2cccc(C(F)(F)F)c2)c1=O. The van der Waals surface area contributed by atoms with Gasteiger partial charge >= 0.3 is 11.9 Å². The molecule has 0 unspecified atom stereocenters. The predicted octanol–water partition coefficient (Wildman–Crippen LogP) is 2.75. The van der Waals surface area contributed by atoms with Crippen molar-refractivity contribution in [3.05, 3.63) is 82.5 Å². The van der Waals surface area contributed by atoms with Crippen LogP contribution < -0.4 is 5.69 Å². The minimum atomic E-state index is -4.59. The largest absolute Gasteiger partial charge is 0.416 e. The number of imidazole rings is 1. The van der Waals surface area contributed by atoms with E-state index in [-0.39, 0.29) is 16.1 Å². The van der Waals surface area contributed by atoms with Crippen LogP contribution in [-0.2, 0) is 16.0 Å². The molecule has 0 atom stereocenters. The van der Waals surface area contributed by atoms with Crippen molar-refractivity contribution in [1.29, 1.82) is 0 Å². The smallest absolute Gasteiger partial charge is 0.268 e. The second-order valence-electron chi connectivity index (χ2n) is 5.94. The lowest BCUT2D eigenvalue weighted by atomic mass is 10.2. The summed E-state index contributed by atoms with van der Waals surface area (Å²) in [7, 11) is -3.73. The molecule has 0 N–H and O–H groups in total. The molecule has 0 aliphatic heterocycles. The highest BCUT2D eigenvalue weighted by molar-refractivity contribution is 7.90. The fraction of sp³-hybridized carbons (Fsp3) is 0.111. The second kappa shape index (κ2) is 6.79. The average Bonchev–Trinajstić information content (AvgIpc) is 3.01. The van der Waals surface area contributed by atoms with Gasteiger partial charge in [-0.25, -0.2) is 17.8 Å². The van der Waals surface area contributed by atoms with Crippen molar-refractivity contribution < 1.29 is 26.4 Å². The van der Waals surface area contributed by atoms with E-state index in [1.165, 1.54) is 30.3 Å². The average molecular weight is 410 g/mol. The summed E-state index contributed by atoms with van der Waals surface area (Å²) in [6.07, 6.45) is -1.45. The van der Waals surface area contributed by atoms with E-state index in [1.807, 2.05) is 0 Å². The number of benzene rings is 2. The Bertz CT molecular complexity index is 1220. The minimum Gasteiger partial charge on any atom is -0.268 e. The van der Waals surface area contributed by atoms with Crippen LogP contribution in [0.2, 0.25) is 0 Å². The van der Waals surface area contributed by atoms with E-state index in [2.05, 4.69) is 0 Å². The number of carbonyl (C=O) groups is 1. The van der Waals surface area contributed by atoms with Crippen molar-refractivity contribution in [2.75, 3.05) is 6.26 Å². The first-order valence-electron chi connectivity index (χ1n) is 7.81. The third-order valence-electron chi connectivity index (χ3n) is 3.96. The van der Waals surface area contributed by atoms with Gasteiger partial charge in [0.1, 0.15) is 0 Å². The lowest BCUT2D eigenvalue weighted by molar-refractivity contribution is -0.137. The van der Waals surface area contributed by atoms with E-state index in [0.29, 0.717) is 4.57 Å². The molecule has 2 aromatic carbocycles. The monoisotopic (exact) mass is 410 g/mol. The Morgan fingerprint density at radius 3 is 2.32 bits per heavy atom. The Balaban J connectivity index is 2.09. The van der Waals surface area contributed by atoms with Gasteiger partial charge < -0.3 is 0 Å². The van der Waals surface area contributed by atoms with Crippen molar-refractivity contribution in [3.63, 3.8) is 0 Å². The number of aromatic nitrogens is 2. The number of carbonyl (C=O) groups excluding carboxylic acids is 1. The van der Waals surface area contributed by atoms with Gasteiger partial charge in [-0.2, -0.15) is 13.2 Å². The van der Waals surface area contributed by atoms with E-state index in [0.717, 1.165) is 41.4 Å². The van der Waals surface area contributed by atoms with Gasteiger partial charge in [-0.05, 0) is 30.3 Å². The number of sulfone groups is 1. The summed E-state index contributed by atoms with van der Waals surface area (Å²) < 4.78 is 64.0. The molecule has 1 aromatic heterocycles. The van der Waals surface area contributed by atoms with E-state index >= 15 is 0 Å². The zero-order valence-electron chi connectivity index (χ0n) is 14.3. The van der Waals surface area contributed by atoms with Gasteiger partial charge in [-0.15, -0.1) is 0 Å². The van der Waals surface area contributed by atoms with Crippen molar-refractivity contribution in [3.8, 4) is 5.69 Å². The summed E-state index contributed by atoms with van der Waals surface area (Å²) in [5.41, 5.74) is -2.16. The van der Waals surface area contributed by atoms with Gasteiger partial charge in [0.2, 0.25) is 0 Å². The van der Waals surface area contributed by atoms with Gasteiger partial charge in [0, 0.05) is 18.6 Å². The quantitative estimate of drug-likeness (QED) is 0.665. The molecule has 0 bridgehead atoms. The molecule has 0 fully saturated rings. The number of hydrogen-bond acceptors (Lipinski definition) is 4. The molecule has 6 nitrogen and oxygen atoms in total. The Kier molecular flexibility index (Phi) is 4.76. The normalized spacial score (nSPS) is 12.1. The van der Waals surface area contributed by atoms with Crippen molar-refractivity contribution in [1.82, 2.24) is 9.13 Å². The van der Waals surface area contributed by atoms with Crippen LogP contribution in [0.25, 0.3) is 5.69 Å². The summed E-state index contributed by atoms with van der Waals surface area (Å²) in [6, 6.07) is 9.43. The van der Waals surface area contributed by atoms with Gasteiger partial charge in [-0.3, -0.25) is 9.36 Å². The van der Waals surface area contributed by atoms with Crippen LogP contribution in [0.1, 0.15) is 15.9 Å². The number of hydrogen-bond donors (Lipinski definition) is 0. The molecule has 0 aliphatic rings. The van der Waals surface area contributed by atoms with Crippen LogP contribution in [0.5, 0.6) is 0 Å². The fourth-order valence-electron chi connectivity index (χ4n) is 2.66. The maximum absolute atomic E-state index is 12.9.